The minimum Gasteiger partial charge on any atom is -0.376 e. The van der Waals surface area contributed by atoms with Crippen molar-refractivity contribution in [2.75, 3.05) is 13.2 Å². The number of aromatic nitrogens is 2. The molecule has 0 amide bonds. The van der Waals surface area contributed by atoms with Crippen LogP contribution in [0, 0.1) is 5.82 Å². The molecule has 2 aliphatic heterocycles. The molecule has 2 aliphatic rings. The highest BCUT2D eigenvalue weighted by Gasteiger charge is 2.42. The number of ether oxygens (including phenoxy) is 1. The maximum atomic E-state index is 13.5. The lowest BCUT2D eigenvalue weighted by atomic mass is 10.0. The first-order valence-electron chi connectivity index (χ1n) is 10.2. The molecule has 2 fully saturated rings. The van der Waals surface area contributed by atoms with Crippen LogP contribution in [0.15, 0.2) is 67.0 Å². The van der Waals surface area contributed by atoms with Crippen LogP contribution in [0.1, 0.15) is 36.3 Å². The Hall–Kier alpha value is -2.77. The van der Waals surface area contributed by atoms with Crippen molar-refractivity contribution in [1.82, 2.24) is 19.8 Å². The molecule has 0 saturated carbocycles. The van der Waals surface area contributed by atoms with Gasteiger partial charge in [-0.25, -0.2) is 4.39 Å². The third-order valence-electron chi connectivity index (χ3n) is 5.81. The van der Waals surface area contributed by atoms with Crippen molar-refractivity contribution in [3.8, 4) is 5.69 Å². The molecule has 0 aliphatic carbocycles. The van der Waals surface area contributed by atoms with Gasteiger partial charge in [0, 0.05) is 36.9 Å². The fourth-order valence-electron chi connectivity index (χ4n) is 4.40. The molecule has 2 saturated heterocycles. The zero-order valence-corrected chi connectivity index (χ0v) is 17.3. The Morgan fingerprint density at radius 1 is 1.13 bits per heavy atom. The molecule has 5 nitrogen and oxygen atoms in total. The summed E-state index contributed by atoms with van der Waals surface area (Å²) in [5.74, 6) is -0.248. The number of benzene rings is 1. The molecule has 3 atom stereocenters. The van der Waals surface area contributed by atoms with Gasteiger partial charge in [-0.2, -0.15) is 0 Å². The number of nitrogens with zero attached hydrogens (tertiary/aromatic N) is 3. The summed E-state index contributed by atoms with van der Waals surface area (Å²) >= 11 is 5.75. The molecule has 154 valence electrons. The molecule has 0 radical (unpaired) electrons. The maximum absolute atomic E-state index is 13.5. The highest BCUT2D eigenvalue weighted by Crippen LogP contribution is 2.40. The fraction of sp³-hybridized carbons (Fsp3) is 0.304. The Morgan fingerprint density at radius 2 is 2.00 bits per heavy atom. The summed E-state index contributed by atoms with van der Waals surface area (Å²) in [7, 11) is 0. The zero-order valence-electron chi connectivity index (χ0n) is 16.4. The number of pyridine rings is 1. The first-order chi connectivity index (χ1) is 14.7. The van der Waals surface area contributed by atoms with E-state index >= 15 is 0 Å². The van der Waals surface area contributed by atoms with Crippen LogP contribution in [0.2, 0.25) is 0 Å². The minimum absolute atomic E-state index is 0.0587. The van der Waals surface area contributed by atoms with Gasteiger partial charge in [0.2, 0.25) is 0 Å². The number of hydrogen-bond donors (Lipinski definition) is 1. The van der Waals surface area contributed by atoms with Crippen molar-refractivity contribution in [1.29, 1.82) is 0 Å². The van der Waals surface area contributed by atoms with Crippen LogP contribution in [-0.4, -0.2) is 38.8 Å². The molecule has 3 aromatic rings. The van der Waals surface area contributed by atoms with E-state index in [4.69, 9.17) is 17.0 Å². The topological polar surface area (TPSA) is 42.3 Å². The largest absolute Gasteiger partial charge is 0.376 e. The number of nitrogens with one attached hydrogen (secondary N) is 1. The molecule has 7 heteroatoms. The van der Waals surface area contributed by atoms with Gasteiger partial charge in [0.1, 0.15) is 5.82 Å². The predicted molar refractivity (Wildman–Crippen MR) is 117 cm³/mol. The third kappa shape index (κ3) is 3.59. The smallest absolute Gasteiger partial charge is 0.170 e. The molecule has 30 heavy (non-hydrogen) atoms. The molecule has 0 bridgehead atoms. The molecule has 0 spiro atoms. The van der Waals surface area contributed by atoms with Crippen LogP contribution >= 0.6 is 12.2 Å². The second-order valence-corrected chi connectivity index (χ2v) is 8.08. The number of thiocarbonyl (C=S) groups is 1. The van der Waals surface area contributed by atoms with Gasteiger partial charge in [0.15, 0.2) is 5.11 Å². The van der Waals surface area contributed by atoms with Crippen molar-refractivity contribution in [2.24, 2.45) is 0 Å². The van der Waals surface area contributed by atoms with Gasteiger partial charge in [-0.05, 0) is 73.6 Å². The Balaban J connectivity index is 1.56. The lowest BCUT2D eigenvalue weighted by Crippen LogP contribution is -2.36. The summed E-state index contributed by atoms with van der Waals surface area (Å²) in [6.45, 7) is 1.54. The SMILES string of the molecule is Fc1ccc(-n2cccc2[C@@H]2[C@H](c3ccccn3)NC(=S)N2C[C@@H]2CCCO2)cc1. The second-order valence-electron chi connectivity index (χ2n) is 7.69. The Kier molecular flexibility index (Phi) is 5.23. The van der Waals surface area contributed by atoms with E-state index in [0.29, 0.717) is 5.11 Å². The van der Waals surface area contributed by atoms with Crippen molar-refractivity contribution >= 4 is 17.3 Å². The first-order valence-corrected chi connectivity index (χ1v) is 10.6. The van der Waals surface area contributed by atoms with Crippen LogP contribution in [0.4, 0.5) is 4.39 Å². The zero-order chi connectivity index (χ0) is 20.5. The molecular weight excluding hydrogens is 399 g/mol. The van der Waals surface area contributed by atoms with Gasteiger partial charge < -0.3 is 19.5 Å². The van der Waals surface area contributed by atoms with Crippen LogP contribution in [0.5, 0.6) is 0 Å². The fourth-order valence-corrected chi connectivity index (χ4v) is 4.72. The second kappa shape index (κ2) is 8.16. The van der Waals surface area contributed by atoms with Crippen LogP contribution in [0.3, 0.4) is 0 Å². The highest BCUT2D eigenvalue weighted by atomic mass is 32.1. The average Bonchev–Trinajstić information content (AvgIpc) is 3.51. The highest BCUT2D eigenvalue weighted by molar-refractivity contribution is 7.80. The summed E-state index contributed by atoms with van der Waals surface area (Å²) in [5.41, 5.74) is 2.92. The number of hydrogen-bond acceptors (Lipinski definition) is 3. The Morgan fingerprint density at radius 3 is 2.73 bits per heavy atom. The average molecular weight is 423 g/mol. The summed E-state index contributed by atoms with van der Waals surface area (Å²) in [5, 5.41) is 4.19. The molecule has 5 rings (SSSR count). The van der Waals surface area contributed by atoms with E-state index in [9.17, 15) is 4.39 Å². The van der Waals surface area contributed by atoms with E-state index in [0.717, 1.165) is 43.1 Å². The monoisotopic (exact) mass is 422 g/mol. The van der Waals surface area contributed by atoms with E-state index in [1.807, 2.05) is 30.5 Å². The van der Waals surface area contributed by atoms with Crippen LogP contribution in [0.25, 0.3) is 5.69 Å². The number of rotatable bonds is 5. The molecule has 1 aromatic carbocycles. The summed E-state index contributed by atoms with van der Waals surface area (Å²) in [4.78, 5) is 6.82. The van der Waals surface area contributed by atoms with Crippen molar-refractivity contribution in [3.63, 3.8) is 0 Å². The van der Waals surface area contributed by atoms with E-state index < -0.39 is 0 Å². The molecule has 2 aromatic heterocycles. The van der Waals surface area contributed by atoms with Crippen molar-refractivity contribution in [3.05, 3.63) is 84.2 Å². The molecule has 0 unspecified atom stereocenters. The van der Waals surface area contributed by atoms with Gasteiger partial charge in [-0.1, -0.05) is 6.07 Å². The van der Waals surface area contributed by atoms with Gasteiger partial charge >= 0.3 is 0 Å². The van der Waals surface area contributed by atoms with Crippen LogP contribution < -0.4 is 5.32 Å². The van der Waals surface area contributed by atoms with Crippen LogP contribution in [-0.2, 0) is 4.74 Å². The summed E-state index contributed by atoms with van der Waals surface area (Å²) in [6, 6.07) is 16.4. The van der Waals surface area contributed by atoms with Gasteiger partial charge in [-0.3, -0.25) is 4.98 Å². The Bertz CT molecular complexity index is 1020. The molecular formula is C23H23FN4OS. The lowest BCUT2D eigenvalue weighted by Gasteiger charge is -2.30. The summed E-state index contributed by atoms with van der Waals surface area (Å²) < 4.78 is 21.5. The number of halogens is 1. The van der Waals surface area contributed by atoms with E-state index in [1.54, 1.807) is 18.3 Å². The predicted octanol–water partition coefficient (Wildman–Crippen LogP) is 4.16. The maximum Gasteiger partial charge on any atom is 0.170 e. The third-order valence-corrected chi connectivity index (χ3v) is 6.16. The molecule has 1 N–H and O–H groups in total. The quantitative estimate of drug-likeness (QED) is 0.626. The van der Waals surface area contributed by atoms with Crippen molar-refractivity contribution in [2.45, 2.75) is 31.0 Å². The van der Waals surface area contributed by atoms with E-state index in [1.165, 1.54) is 12.1 Å². The first kappa shape index (κ1) is 19.2. The van der Waals surface area contributed by atoms with Gasteiger partial charge in [0.05, 0.1) is 23.9 Å². The van der Waals surface area contributed by atoms with E-state index in [-0.39, 0.29) is 24.0 Å². The standard InChI is InChI=1S/C23H23FN4OS/c24-16-8-10-17(11-9-16)27-13-3-7-20(27)22-21(19-6-1-2-12-25-19)26-23(30)28(22)15-18-5-4-14-29-18/h1-3,6-13,18,21-22H,4-5,14-15H2,(H,26,30)/t18-,21-,22+/m0/s1. The molecule has 4 heterocycles. The van der Waals surface area contributed by atoms with E-state index in [2.05, 4.69) is 25.8 Å². The summed E-state index contributed by atoms with van der Waals surface area (Å²) in [6.07, 6.45) is 6.10. The van der Waals surface area contributed by atoms with Gasteiger partial charge in [-0.15, -0.1) is 0 Å². The Labute approximate surface area is 180 Å². The van der Waals surface area contributed by atoms with Crippen molar-refractivity contribution < 1.29 is 9.13 Å². The normalized spacial score (nSPS) is 23.7. The van der Waals surface area contributed by atoms with Gasteiger partial charge in [0.25, 0.3) is 0 Å². The minimum atomic E-state index is -0.248. The lowest BCUT2D eigenvalue weighted by molar-refractivity contribution is 0.0836.